The molecule has 0 aromatic heterocycles. The normalized spacial score (nSPS) is 22.4. The molecule has 2 amide bonds. The Morgan fingerprint density at radius 3 is 2.52 bits per heavy atom. The summed E-state index contributed by atoms with van der Waals surface area (Å²) in [5.74, 6) is 0.332. The minimum Gasteiger partial charge on any atom is -0.445 e. The van der Waals surface area contributed by atoms with Crippen LogP contribution < -0.4 is 5.73 Å². The van der Waals surface area contributed by atoms with Gasteiger partial charge in [-0.3, -0.25) is 4.79 Å². The molecule has 1 saturated heterocycles. The zero-order valence-corrected chi connectivity index (χ0v) is 16.2. The van der Waals surface area contributed by atoms with Crippen LogP contribution in [-0.2, 0) is 16.1 Å². The van der Waals surface area contributed by atoms with Crippen molar-refractivity contribution >= 4 is 12.0 Å². The fourth-order valence-corrected chi connectivity index (χ4v) is 4.15. The second-order valence-electron chi connectivity index (χ2n) is 7.79. The highest BCUT2D eigenvalue weighted by Crippen LogP contribution is 2.27. The summed E-state index contributed by atoms with van der Waals surface area (Å²) in [6, 6.07) is 9.17. The van der Waals surface area contributed by atoms with Gasteiger partial charge in [0.1, 0.15) is 6.61 Å². The molecule has 0 bridgehead atoms. The Kier molecular flexibility index (Phi) is 6.72. The number of carbonyl (C=O) groups is 2. The summed E-state index contributed by atoms with van der Waals surface area (Å²) in [4.78, 5) is 28.7. The van der Waals surface area contributed by atoms with E-state index < -0.39 is 6.04 Å². The lowest BCUT2D eigenvalue weighted by atomic mass is 9.83. The van der Waals surface area contributed by atoms with Crippen LogP contribution in [0.4, 0.5) is 4.79 Å². The topological polar surface area (TPSA) is 75.9 Å². The number of benzene rings is 1. The number of rotatable bonds is 4. The Balaban J connectivity index is 1.49. The molecule has 1 aromatic carbocycles. The van der Waals surface area contributed by atoms with Crippen molar-refractivity contribution in [2.45, 2.75) is 57.7 Å². The summed E-state index contributed by atoms with van der Waals surface area (Å²) in [7, 11) is 0. The average Bonchev–Trinajstić information content (AvgIpc) is 2.72. The predicted octanol–water partition coefficient (Wildman–Crippen LogP) is 2.76. The minimum absolute atomic E-state index is 0.0340. The predicted molar refractivity (Wildman–Crippen MR) is 104 cm³/mol. The molecule has 1 aliphatic carbocycles. The van der Waals surface area contributed by atoms with Crippen LogP contribution in [-0.4, -0.2) is 53.5 Å². The number of nitrogens with two attached hydrogens (primary N) is 1. The van der Waals surface area contributed by atoms with Gasteiger partial charge >= 0.3 is 6.09 Å². The highest BCUT2D eigenvalue weighted by atomic mass is 16.6. The molecule has 1 aliphatic heterocycles. The van der Waals surface area contributed by atoms with E-state index in [0.29, 0.717) is 25.6 Å². The first-order chi connectivity index (χ1) is 13.1. The molecule has 2 N–H and O–H groups in total. The van der Waals surface area contributed by atoms with Crippen molar-refractivity contribution in [2.75, 3.05) is 19.6 Å². The van der Waals surface area contributed by atoms with Crippen LogP contribution >= 0.6 is 0 Å². The molecule has 1 heterocycles. The van der Waals surface area contributed by atoms with E-state index in [9.17, 15) is 9.59 Å². The molecule has 6 heteroatoms. The van der Waals surface area contributed by atoms with Crippen LogP contribution in [0.1, 0.15) is 44.6 Å². The molecular formula is C21H31N3O3. The monoisotopic (exact) mass is 373 g/mol. The summed E-state index contributed by atoms with van der Waals surface area (Å²) >= 11 is 0. The Hall–Kier alpha value is -2.08. The fraction of sp³-hybridized carbons (Fsp3) is 0.619. The highest BCUT2D eigenvalue weighted by molar-refractivity contribution is 5.82. The molecule has 1 aromatic rings. The number of nitrogens with zero attached hydrogens (tertiary/aromatic N) is 2. The van der Waals surface area contributed by atoms with E-state index in [1.54, 1.807) is 4.90 Å². The number of carbonyl (C=O) groups excluding carboxylic acids is 2. The van der Waals surface area contributed by atoms with Crippen molar-refractivity contribution in [1.29, 1.82) is 0 Å². The number of piperazine rings is 1. The maximum Gasteiger partial charge on any atom is 0.410 e. The third-order valence-electron chi connectivity index (χ3n) is 5.82. The number of ether oxygens (including phenoxy) is 1. The van der Waals surface area contributed by atoms with Crippen LogP contribution in [0.15, 0.2) is 30.3 Å². The molecule has 27 heavy (non-hydrogen) atoms. The smallest absolute Gasteiger partial charge is 0.410 e. The lowest BCUT2D eigenvalue weighted by molar-refractivity contribution is -0.138. The van der Waals surface area contributed by atoms with Crippen molar-refractivity contribution in [3.8, 4) is 0 Å². The second-order valence-corrected chi connectivity index (χ2v) is 7.79. The molecule has 2 atom stereocenters. The molecule has 0 spiro atoms. The Bertz CT molecular complexity index is 631. The quantitative estimate of drug-likeness (QED) is 0.880. The second kappa shape index (κ2) is 9.22. The van der Waals surface area contributed by atoms with E-state index in [-0.39, 0.29) is 24.6 Å². The lowest BCUT2D eigenvalue weighted by Crippen LogP contribution is -2.59. The van der Waals surface area contributed by atoms with Gasteiger partial charge in [-0.15, -0.1) is 0 Å². The number of amides is 2. The third-order valence-corrected chi connectivity index (χ3v) is 5.82. The van der Waals surface area contributed by atoms with Crippen LogP contribution in [0.5, 0.6) is 0 Å². The van der Waals surface area contributed by atoms with Crippen molar-refractivity contribution in [3.05, 3.63) is 35.9 Å². The average molecular weight is 373 g/mol. The van der Waals surface area contributed by atoms with Gasteiger partial charge in [0.25, 0.3) is 0 Å². The van der Waals surface area contributed by atoms with Crippen LogP contribution in [0.2, 0.25) is 0 Å². The van der Waals surface area contributed by atoms with Crippen LogP contribution in [0, 0.1) is 5.92 Å². The van der Waals surface area contributed by atoms with Gasteiger partial charge in [0.2, 0.25) is 5.91 Å². The van der Waals surface area contributed by atoms with Gasteiger partial charge in [-0.25, -0.2) is 4.79 Å². The van der Waals surface area contributed by atoms with Crippen molar-refractivity contribution in [1.82, 2.24) is 9.80 Å². The van der Waals surface area contributed by atoms with Crippen LogP contribution in [0.25, 0.3) is 0 Å². The van der Waals surface area contributed by atoms with Crippen molar-refractivity contribution < 1.29 is 14.3 Å². The summed E-state index contributed by atoms with van der Waals surface area (Å²) < 4.78 is 5.41. The lowest BCUT2D eigenvalue weighted by Gasteiger charge is -2.41. The van der Waals surface area contributed by atoms with Gasteiger partial charge in [-0.1, -0.05) is 49.6 Å². The van der Waals surface area contributed by atoms with Crippen molar-refractivity contribution in [2.24, 2.45) is 11.7 Å². The maximum atomic E-state index is 12.9. The maximum absolute atomic E-state index is 12.9. The molecule has 148 valence electrons. The zero-order valence-electron chi connectivity index (χ0n) is 16.2. The highest BCUT2D eigenvalue weighted by Gasteiger charge is 2.35. The molecule has 3 rings (SSSR count). The Morgan fingerprint density at radius 2 is 1.85 bits per heavy atom. The summed E-state index contributed by atoms with van der Waals surface area (Å²) in [6.07, 6.45) is 5.36. The molecule has 1 saturated carbocycles. The summed E-state index contributed by atoms with van der Waals surface area (Å²) in [5.41, 5.74) is 7.26. The first-order valence-electron chi connectivity index (χ1n) is 10.1. The van der Waals surface area contributed by atoms with E-state index in [0.717, 1.165) is 18.4 Å². The first kappa shape index (κ1) is 19.7. The SMILES string of the molecule is C[C@@H]1CN(C(=O)OCc2ccccc2)CCN1C(=O)C(N)C1CCCCC1. The molecule has 6 nitrogen and oxygen atoms in total. The van der Waals surface area contributed by atoms with E-state index in [2.05, 4.69) is 0 Å². The molecule has 2 fully saturated rings. The van der Waals surface area contributed by atoms with Gasteiger partial charge in [0.05, 0.1) is 6.04 Å². The Labute approximate surface area is 161 Å². The van der Waals surface area contributed by atoms with Gasteiger partial charge in [0, 0.05) is 25.7 Å². The number of hydrogen-bond acceptors (Lipinski definition) is 4. The van der Waals surface area contributed by atoms with Gasteiger partial charge < -0.3 is 20.3 Å². The summed E-state index contributed by atoms with van der Waals surface area (Å²) in [5, 5.41) is 0. The van der Waals surface area contributed by atoms with E-state index in [1.165, 1.54) is 19.3 Å². The van der Waals surface area contributed by atoms with Crippen LogP contribution in [0.3, 0.4) is 0 Å². The van der Waals surface area contributed by atoms with Gasteiger partial charge in [-0.2, -0.15) is 0 Å². The van der Waals surface area contributed by atoms with E-state index in [4.69, 9.17) is 10.5 Å². The fourth-order valence-electron chi connectivity index (χ4n) is 4.15. The van der Waals surface area contributed by atoms with Gasteiger partial charge in [0.15, 0.2) is 0 Å². The summed E-state index contributed by atoms with van der Waals surface area (Å²) in [6.45, 7) is 3.72. The Morgan fingerprint density at radius 1 is 1.15 bits per heavy atom. The van der Waals surface area contributed by atoms with E-state index in [1.807, 2.05) is 42.2 Å². The largest absolute Gasteiger partial charge is 0.445 e. The van der Waals surface area contributed by atoms with Gasteiger partial charge in [-0.05, 0) is 31.2 Å². The zero-order chi connectivity index (χ0) is 19.2. The molecular weight excluding hydrogens is 342 g/mol. The molecule has 2 aliphatic rings. The van der Waals surface area contributed by atoms with E-state index >= 15 is 0 Å². The number of hydrogen-bond donors (Lipinski definition) is 1. The molecule has 0 radical (unpaired) electrons. The minimum atomic E-state index is -0.413. The first-order valence-corrected chi connectivity index (χ1v) is 10.1. The standard InChI is InChI=1S/C21H31N3O3/c1-16-14-23(21(26)27-15-17-8-4-2-5-9-17)12-13-24(16)20(25)19(22)18-10-6-3-7-11-18/h2,4-5,8-9,16,18-19H,3,6-7,10-15,22H2,1H3/t16-,19?/m1/s1. The molecule has 1 unspecified atom stereocenters. The van der Waals surface area contributed by atoms with Crippen molar-refractivity contribution in [3.63, 3.8) is 0 Å². The third kappa shape index (κ3) is 5.01.